The van der Waals surface area contributed by atoms with Gasteiger partial charge in [0.1, 0.15) is 21.7 Å². The van der Waals surface area contributed by atoms with Gasteiger partial charge in [-0.2, -0.15) is 5.26 Å². The maximum atomic E-state index is 13.4. The number of ether oxygens (including phenoxy) is 1. The van der Waals surface area contributed by atoms with E-state index in [9.17, 15) is 24.8 Å². The molecule has 1 saturated heterocycles. The first-order chi connectivity index (χ1) is 18.1. The van der Waals surface area contributed by atoms with Gasteiger partial charge in [0.15, 0.2) is 5.78 Å². The fourth-order valence-electron chi connectivity index (χ4n) is 3.91. The van der Waals surface area contributed by atoms with Gasteiger partial charge in [-0.15, -0.1) is 0 Å². The molecule has 2 heterocycles. The van der Waals surface area contributed by atoms with Gasteiger partial charge in [0.25, 0.3) is 11.5 Å². The lowest BCUT2D eigenvalue weighted by atomic mass is 10.0. The summed E-state index contributed by atoms with van der Waals surface area (Å²) in [5.74, 6) is -1.11. The highest BCUT2D eigenvalue weighted by atomic mass is 35.5. The van der Waals surface area contributed by atoms with Crippen LogP contribution < -0.4 is 10.3 Å². The maximum Gasteiger partial charge on any atom is 0.271 e. The van der Waals surface area contributed by atoms with Crippen molar-refractivity contribution in [1.82, 2.24) is 9.47 Å². The Balaban J connectivity index is 1.66. The van der Waals surface area contributed by atoms with Crippen LogP contribution in [0.25, 0.3) is 6.08 Å². The molecule has 1 amide bonds. The minimum atomic E-state index is -0.730. The molecular weight excluding hydrogens is 546 g/mol. The van der Waals surface area contributed by atoms with E-state index in [1.165, 1.54) is 14.0 Å². The summed E-state index contributed by atoms with van der Waals surface area (Å²) in [6.07, 6.45) is 1.64. The Morgan fingerprint density at radius 2 is 1.84 bits per heavy atom. The molecule has 3 aromatic rings. The molecule has 0 unspecified atom stereocenters. The van der Waals surface area contributed by atoms with E-state index in [4.69, 9.17) is 28.6 Å². The lowest BCUT2D eigenvalue weighted by molar-refractivity contribution is -0.121. The van der Waals surface area contributed by atoms with Crippen molar-refractivity contribution in [3.05, 3.63) is 96.6 Å². The fourth-order valence-corrected chi connectivity index (χ4v) is 5.30. The zero-order chi connectivity index (χ0) is 27.6. The summed E-state index contributed by atoms with van der Waals surface area (Å²) >= 11 is 12.3. The van der Waals surface area contributed by atoms with Crippen LogP contribution in [0.15, 0.2) is 58.2 Å². The van der Waals surface area contributed by atoms with Crippen LogP contribution in [0.5, 0.6) is 11.6 Å². The van der Waals surface area contributed by atoms with Crippen molar-refractivity contribution in [3.63, 3.8) is 0 Å². The zero-order valence-electron chi connectivity index (χ0n) is 20.2. The van der Waals surface area contributed by atoms with Crippen molar-refractivity contribution in [1.29, 1.82) is 5.26 Å². The molecule has 0 saturated carbocycles. The van der Waals surface area contributed by atoms with Crippen LogP contribution in [0.3, 0.4) is 0 Å². The zero-order valence-corrected chi connectivity index (χ0v) is 22.6. The highest BCUT2D eigenvalue weighted by Crippen LogP contribution is 2.33. The molecule has 0 aliphatic carbocycles. The largest absolute Gasteiger partial charge is 0.497 e. The van der Waals surface area contributed by atoms with Crippen LogP contribution in [0.4, 0.5) is 0 Å². The van der Waals surface area contributed by atoms with Gasteiger partial charge in [-0.3, -0.25) is 23.9 Å². The lowest BCUT2D eigenvalue weighted by Gasteiger charge is -2.18. The molecule has 4 rings (SSSR count). The number of methoxy groups -OCH3 is 1. The quantitative estimate of drug-likeness (QED) is 0.253. The second-order valence-corrected chi connectivity index (χ2v) is 10.4. The van der Waals surface area contributed by atoms with Crippen LogP contribution in [0.1, 0.15) is 32.6 Å². The van der Waals surface area contributed by atoms with Gasteiger partial charge < -0.3 is 9.84 Å². The number of carbonyl (C=O) groups is 2. The number of pyridine rings is 1. The SMILES string of the molecule is COc1ccc(Cn2c(O)c(C(=O)CN3C(=O)/C(=C/c4ccc(Cl)cc4)SC3=S)c(C)c(C#N)c2=O)cc1. The third kappa shape index (κ3) is 5.36. The number of rotatable bonds is 7. The summed E-state index contributed by atoms with van der Waals surface area (Å²) < 4.78 is 6.27. The highest BCUT2D eigenvalue weighted by Gasteiger charge is 2.35. The van der Waals surface area contributed by atoms with Crippen LogP contribution in [-0.4, -0.2) is 44.2 Å². The van der Waals surface area contributed by atoms with Crippen molar-refractivity contribution in [3.8, 4) is 17.7 Å². The van der Waals surface area contributed by atoms with Gasteiger partial charge in [0.05, 0.1) is 30.7 Å². The lowest BCUT2D eigenvalue weighted by Crippen LogP contribution is -2.35. The van der Waals surface area contributed by atoms with Gasteiger partial charge in [0.2, 0.25) is 5.88 Å². The average molecular weight is 566 g/mol. The number of benzene rings is 2. The summed E-state index contributed by atoms with van der Waals surface area (Å²) in [5, 5.41) is 21.2. The third-order valence-corrected chi connectivity index (χ3v) is 7.55. The van der Waals surface area contributed by atoms with Crippen molar-refractivity contribution in [2.75, 3.05) is 13.7 Å². The number of aromatic nitrogens is 1. The molecule has 1 fully saturated rings. The Bertz CT molecular complexity index is 1590. The molecule has 0 atom stereocenters. The molecule has 8 nitrogen and oxygen atoms in total. The number of ketones is 1. The van der Waals surface area contributed by atoms with Crippen molar-refractivity contribution >= 4 is 57.7 Å². The summed E-state index contributed by atoms with van der Waals surface area (Å²) in [6.45, 7) is 0.854. The fraction of sp³-hybridized carbons (Fsp3) is 0.148. The first-order valence-corrected chi connectivity index (χ1v) is 12.8. The second kappa shape index (κ2) is 11.2. The molecule has 1 N–H and O–H groups in total. The van der Waals surface area contributed by atoms with Crippen molar-refractivity contribution in [2.24, 2.45) is 0 Å². The summed E-state index contributed by atoms with van der Waals surface area (Å²) in [7, 11) is 1.52. The Morgan fingerprint density at radius 3 is 2.45 bits per heavy atom. The molecule has 1 aliphatic rings. The Labute approximate surface area is 232 Å². The highest BCUT2D eigenvalue weighted by molar-refractivity contribution is 8.26. The van der Waals surface area contributed by atoms with E-state index < -0.39 is 29.7 Å². The van der Waals surface area contributed by atoms with Crippen LogP contribution in [-0.2, 0) is 11.3 Å². The van der Waals surface area contributed by atoms with Gasteiger partial charge in [-0.1, -0.05) is 59.8 Å². The Kier molecular flexibility index (Phi) is 8.02. The number of hydrogen-bond donors (Lipinski definition) is 1. The van der Waals surface area contributed by atoms with Gasteiger partial charge in [0, 0.05) is 5.02 Å². The van der Waals surface area contributed by atoms with Crippen molar-refractivity contribution in [2.45, 2.75) is 13.5 Å². The van der Waals surface area contributed by atoms with Gasteiger partial charge in [-0.25, -0.2) is 0 Å². The molecule has 0 radical (unpaired) electrons. The molecule has 11 heteroatoms. The van der Waals surface area contributed by atoms with Gasteiger partial charge in [-0.05, 0) is 54.0 Å². The normalized spacial score (nSPS) is 14.2. The van der Waals surface area contributed by atoms with E-state index in [0.29, 0.717) is 21.2 Å². The number of amides is 1. The van der Waals surface area contributed by atoms with Crippen LogP contribution >= 0.6 is 35.6 Å². The molecule has 192 valence electrons. The predicted octanol–water partition coefficient (Wildman–Crippen LogP) is 4.53. The predicted molar refractivity (Wildman–Crippen MR) is 150 cm³/mol. The number of thiocarbonyl (C=S) groups is 1. The number of carbonyl (C=O) groups excluding carboxylic acids is 2. The number of aromatic hydroxyl groups is 1. The first kappa shape index (κ1) is 27.1. The van der Waals surface area contributed by atoms with E-state index in [2.05, 4.69) is 0 Å². The molecular formula is C27H20ClN3O5S2. The summed E-state index contributed by atoms with van der Waals surface area (Å²) in [6, 6.07) is 15.5. The summed E-state index contributed by atoms with van der Waals surface area (Å²) in [5.41, 5.74) is 0.190. The number of nitriles is 1. The molecule has 2 aromatic carbocycles. The minimum Gasteiger partial charge on any atom is -0.497 e. The van der Waals surface area contributed by atoms with E-state index in [0.717, 1.165) is 26.8 Å². The molecule has 1 aromatic heterocycles. The van der Waals surface area contributed by atoms with E-state index in [1.54, 1.807) is 54.6 Å². The summed E-state index contributed by atoms with van der Waals surface area (Å²) in [4.78, 5) is 40.9. The van der Waals surface area contributed by atoms with Crippen LogP contribution in [0, 0.1) is 18.3 Å². The van der Waals surface area contributed by atoms with E-state index in [1.807, 2.05) is 6.07 Å². The smallest absolute Gasteiger partial charge is 0.271 e. The minimum absolute atomic E-state index is 0.0353. The molecule has 1 aliphatic heterocycles. The number of halogens is 1. The van der Waals surface area contributed by atoms with E-state index >= 15 is 0 Å². The van der Waals surface area contributed by atoms with Gasteiger partial charge >= 0.3 is 0 Å². The average Bonchev–Trinajstić information content (AvgIpc) is 3.15. The molecule has 38 heavy (non-hydrogen) atoms. The standard InChI is InChI=1S/C27H20ClN3O5S2/c1-15-20(12-29)24(33)30(13-17-5-9-19(36-2)10-6-17)26(35)23(15)21(32)14-31-25(34)22(38-27(31)37)11-16-3-7-18(28)8-4-16/h3-11,35H,13-14H2,1-2H3/b22-11-. The van der Waals surface area contributed by atoms with E-state index in [-0.39, 0.29) is 27.6 Å². The second-order valence-electron chi connectivity index (χ2n) is 8.29. The van der Waals surface area contributed by atoms with Crippen molar-refractivity contribution < 1.29 is 19.4 Å². The van der Waals surface area contributed by atoms with Crippen LogP contribution in [0.2, 0.25) is 5.02 Å². The Hall–Kier alpha value is -3.91. The number of thioether (sulfide) groups is 1. The third-order valence-electron chi connectivity index (χ3n) is 5.92. The Morgan fingerprint density at radius 1 is 1.18 bits per heavy atom. The first-order valence-electron chi connectivity index (χ1n) is 11.2. The molecule has 0 spiro atoms. The topological polar surface area (TPSA) is 113 Å². The monoisotopic (exact) mass is 565 g/mol. The number of Topliss-reactive ketones (excluding diaryl/α,β-unsaturated/α-hetero) is 1. The number of hydrogen-bond acceptors (Lipinski definition) is 8. The number of nitrogens with zero attached hydrogens (tertiary/aromatic N) is 3. The maximum absolute atomic E-state index is 13.4. The molecule has 0 bridgehead atoms.